The summed E-state index contributed by atoms with van der Waals surface area (Å²) in [6.45, 7) is 9.49. The Hall–Kier alpha value is -0.200. The molecule has 0 aromatic rings. The first-order chi connectivity index (χ1) is 8.45. The van der Waals surface area contributed by atoms with Gasteiger partial charge in [-0.2, -0.15) is 0 Å². The average molecular weight is 263 g/mol. The van der Waals surface area contributed by atoms with E-state index in [9.17, 15) is 0 Å². The van der Waals surface area contributed by atoms with E-state index >= 15 is 0 Å². The molecule has 0 heterocycles. The highest BCUT2D eigenvalue weighted by Gasteiger charge is 2.75. The maximum absolute atomic E-state index is 4.85. The molecule has 3 fully saturated rings. The van der Waals surface area contributed by atoms with E-state index in [0.717, 1.165) is 29.6 Å². The van der Waals surface area contributed by atoms with Crippen LogP contribution in [-0.2, 0) is 0 Å². The van der Waals surface area contributed by atoms with Crippen LogP contribution < -0.4 is 0 Å². The van der Waals surface area contributed by atoms with Crippen molar-refractivity contribution in [3.05, 3.63) is 0 Å². The minimum Gasteiger partial charge on any atom is -0.226 e. The molecule has 1 unspecified atom stereocenters. The minimum atomic E-state index is 0.00359. The summed E-state index contributed by atoms with van der Waals surface area (Å²) in [4.78, 5) is 4.50. The van der Waals surface area contributed by atoms with Crippen molar-refractivity contribution in [1.29, 1.82) is 0 Å². The van der Waals surface area contributed by atoms with Crippen LogP contribution in [0.25, 0.3) is 0 Å². The maximum Gasteiger partial charge on any atom is 0.0685 e. The van der Waals surface area contributed by atoms with Gasteiger partial charge in [-0.25, -0.2) is 4.99 Å². The number of thiocarbonyl (C=S) groups is 1. The van der Waals surface area contributed by atoms with Crippen molar-refractivity contribution in [3.63, 3.8) is 0 Å². The van der Waals surface area contributed by atoms with Gasteiger partial charge in [-0.05, 0) is 86.8 Å². The molecule has 0 aromatic heterocycles. The van der Waals surface area contributed by atoms with Crippen LogP contribution >= 0.6 is 12.2 Å². The second-order valence-electron chi connectivity index (χ2n) is 7.62. The Morgan fingerprint density at radius 1 is 1.17 bits per heavy atom. The number of nitrogens with zero attached hydrogens (tertiary/aromatic N) is 1. The van der Waals surface area contributed by atoms with Crippen molar-refractivity contribution in [2.75, 3.05) is 0 Å². The number of hydrogen-bond donors (Lipinski definition) is 0. The van der Waals surface area contributed by atoms with E-state index in [1.165, 1.54) is 25.7 Å². The molecule has 3 rings (SSSR count). The maximum atomic E-state index is 4.85. The van der Waals surface area contributed by atoms with Crippen LogP contribution in [0.4, 0.5) is 0 Å². The van der Waals surface area contributed by atoms with E-state index in [4.69, 9.17) is 12.2 Å². The molecular weight excluding hydrogens is 238 g/mol. The second-order valence-corrected chi connectivity index (χ2v) is 7.80. The third-order valence-corrected chi connectivity index (χ3v) is 6.76. The minimum absolute atomic E-state index is 0.00359. The molecule has 0 saturated heterocycles. The highest BCUT2D eigenvalue weighted by Crippen LogP contribution is 2.79. The fourth-order valence-corrected chi connectivity index (χ4v) is 6.03. The monoisotopic (exact) mass is 263 g/mol. The van der Waals surface area contributed by atoms with Crippen molar-refractivity contribution in [3.8, 4) is 0 Å². The van der Waals surface area contributed by atoms with Crippen LogP contribution in [0.3, 0.4) is 0 Å². The standard InChI is InChI=1S/C16H25NS/c1-10-7-8-16-11(2)5-6-12(14(16)13(10)16)15(3,4)17-9-18/h10-14H,5-8H2,1-4H3/t10-,11+,12-,13+,14+,16?/m0/s1. The molecule has 1 nitrogen and oxygen atoms in total. The SMILES string of the molecule is C[C@@H]1CC[C@H](C(C)(C)N=C=S)[C@@H]2[C@H]3[C@@H](C)CCC321. The summed E-state index contributed by atoms with van der Waals surface area (Å²) in [5.74, 6) is 4.51. The zero-order chi connectivity index (χ0) is 13.1. The van der Waals surface area contributed by atoms with Crippen molar-refractivity contribution in [2.24, 2.45) is 40.0 Å². The van der Waals surface area contributed by atoms with Gasteiger partial charge in [-0.15, -0.1) is 0 Å². The molecule has 1 spiro atoms. The summed E-state index contributed by atoms with van der Waals surface area (Å²) < 4.78 is 0. The van der Waals surface area contributed by atoms with E-state index in [-0.39, 0.29) is 5.54 Å². The van der Waals surface area contributed by atoms with E-state index in [1.54, 1.807) is 0 Å². The molecule has 18 heavy (non-hydrogen) atoms. The van der Waals surface area contributed by atoms with E-state index in [1.807, 2.05) is 0 Å². The summed E-state index contributed by atoms with van der Waals surface area (Å²) in [5, 5.41) is 2.64. The van der Waals surface area contributed by atoms with Gasteiger partial charge in [0.05, 0.1) is 10.7 Å². The smallest absolute Gasteiger partial charge is 0.0685 e. The number of isothiocyanates is 1. The Bertz CT molecular complexity index is 409. The second kappa shape index (κ2) is 3.90. The lowest BCUT2D eigenvalue weighted by Crippen LogP contribution is -2.37. The lowest BCUT2D eigenvalue weighted by molar-refractivity contribution is 0.125. The van der Waals surface area contributed by atoms with Gasteiger partial charge in [-0.1, -0.05) is 13.8 Å². The van der Waals surface area contributed by atoms with Crippen LogP contribution in [0.1, 0.15) is 53.4 Å². The molecule has 2 heteroatoms. The number of fused-ring (bicyclic) bond motifs is 1. The molecule has 3 saturated carbocycles. The molecule has 0 radical (unpaired) electrons. The van der Waals surface area contributed by atoms with Gasteiger partial charge in [0.2, 0.25) is 0 Å². The summed E-state index contributed by atoms with van der Waals surface area (Å²) in [7, 11) is 0. The van der Waals surface area contributed by atoms with Crippen LogP contribution in [0, 0.1) is 35.0 Å². The Morgan fingerprint density at radius 2 is 1.89 bits per heavy atom. The Labute approximate surface area is 116 Å². The van der Waals surface area contributed by atoms with E-state index in [0.29, 0.717) is 5.41 Å². The largest absolute Gasteiger partial charge is 0.226 e. The molecule has 3 aliphatic carbocycles. The molecule has 0 aliphatic heterocycles. The van der Waals surface area contributed by atoms with Crippen LogP contribution in [0.2, 0.25) is 0 Å². The zero-order valence-electron chi connectivity index (χ0n) is 12.1. The Kier molecular flexibility index (Phi) is 2.78. The molecule has 0 aromatic carbocycles. The first kappa shape index (κ1) is 12.8. The van der Waals surface area contributed by atoms with Crippen LogP contribution in [0.15, 0.2) is 4.99 Å². The summed E-state index contributed by atoms with van der Waals surface area (Å²) in [5.41, 5.74) is 0.695. The molecule has 0 N–H and O–H groups in total. The molecular formula is C16H25NS. The summed E-state index contributed by atoms with van der Waals surface area (Å²) >= 11 is 4.85. The average Bonchev–Trinajstić information content (AvgIpc) is 2.86. The van der Waals surface area contributed by atoms with Gasteiger partial charge in [-0.3, -0.25) is 0 Å². The third-order valence-electron chi connectivity index (χ3n) is 6.67. The summed E-state index contributed by atoms with van der Waals surface area (Å²) in [6.07, 6.45) is 5.65. The lowest BCUT2D eigenvalue weighted by atomic mass is 9.67. The zero-order valence-corrected chi connectivity index (χ0v) is 12.9. The molecule has 6 atom stereocenters. The predicted molar refractivity (Wildman–Crippen MR) is 78.8 cm³/mol. The first-order valence-electron chi connectivity index (χ1n) is 7.54. The van der Waals surface area contributed by atoms with Crippen LogP contribution in [0.5, 0.6) is 0 Å². The van der Waals surface area contributed by atoms with Gasteiger partial charge in [0, 0.05) is 0 Å². The highest BCUT2D eigenvalue weighted by atomic mass is 32.1. The summed E-state index contributed by atoms with van der Waals surface area (Å²) in [6, 6.07) is 0. The topological polar surface area (TPSA) is 12.4 Å². The quantitative estimate of drug-likeness (QED) is 0.525. The van der Waals surface area contributed by atoms with Crippen molar-refractivity contribution < 1.29 is 0 Å². The normalized spacial score (nSPS) is 50.1. The molecule has 0 bridgehead atoms. The molecule has 100 valence electrons. The molecule has 0 amide bonds. The van der Waals surface area contributed by atoms with Crippen molar-refractivity contribution in [2.45, 2.75) is 58.9 Å². The molecule has 3 aliphatic rings. The van der Waals surface area contributed by atoms with Gasteiger partial charge >= 0.3 is 0 Å². The third kappa shape index (κ3) is 1.45. The van der Waals surface area contributed by atoms with Gasteiger partial charge in [0.1, 0.15) is 0 Å². The van der Waals surface area contributed by atoms with Crippen molar-refractivity contribution >= 4 is 17.4 Å². The number of aliphatic imine (C=N–C) groups is 1. The van der Waals surface area contributed by atoms with Crippen molar-refractivity contribution in [1.82, 2.24) is 0 Å². The fourth-order valence-electron chi connectivity index (χ4n) is 5.79. The van der Waals surface area contributed by atoms with Gasteiger partial charge < -0.3 is 0 Å². The number of rotatable bonds is 2. The fraction of sp³-hybridized carbons (Fsp3) is 0.938. The Morgan fingerprint density at radius 3 is 2.56 bits per heavy atom. The van der Waals surface area contributed by atoms with E-state index < -0.39 is 0 Å². The lowest BCUT2D eigenvalue weighted by Gasteiger charge is -2.39. The van der Waals surface area contributed by atoms with Crippen LogP contribution in [-0.4, -0.2) is 10.7 Å². The van der Waals surface area contributed by atoms with Gasteiger partial charge in [0.15, 0.2) is 0 Å². The van der Waals surface area contributed by atoms with E-state index in [2.05, 4.69) is 37.8 Å². The van der Waals surface area contributed by atoms with Gasteiger partial charge in [0.25, 0.3) is 0 Å². The first-order valence-corrected chi connectivity index (χ1v) is 7.95. The predicted octanol–water partition coefficient (Wildman–Crippen LogP) is 4.58. The Balaban J connectivity index is 1.91. The number of hydrogen-bond acceptors (Lipinski definition) is 2. The highest BCUT2D eigenvalue weighted by molar-refractivity contribution is 7.78.